The number of nitrogen functional groups attached to an aromatic ring is 1. The van der Waals surface area contributed by atoms with Gasteiger partial charge in [-0.3, -0.25) is 4.79 Å². The number of fused-ring (bicyclic) bond motifs is 1. The summed E-state index contributed by atoms with van der Waals surface area (Å²) in [5.41, 5.74) is 6.19. The minimum absolute atomic E-state index is 0.0673. The molecule has 0 spiro atoms. The van der Waals surface area contributed by atoms with Crippen LogP contribution in [0.3, 0.4) is 0 Å². The Labute approximate surface area is 123 Å². The van der Waals surface area contributed by atoms with Gasteiger partial charge in [0.1, 0.15) is 18.0 Å². The van der Waals surface area contributed by atoms with Gasteiger partial charge in [0.2, 0.25) is 5.91 Å². The number of anilines is 2. The van der Waals surface area contributed by atoms with Gasteiger partial charge < -0.3 is 15.5 Å². The Balaban J connectivity index is 2.27. The number of likely N-dealkylation sites (N-methyl/N-ethyl adjacent to an activating group) is 2. The predicted molar refractivity (Wildman–Crippen MR) is 82.9 cm³/mol. The molecule has 0 aliphatic rings. The number of hydrogen-bond donors (Lipinski definition) is 1. The maximum Gasteiger partial charge on any atom is 0.242 e. The second-order valence-corrected chi connectivity index (χ2v) is 4.73. The lowest BCUT2D eigenvalue weighted by molar-refractivity contribution is -0.129. The topological polar surface area (TPSA) is 88.2 Å². The largest absolute Gasteiger partial charge is 0.384 e. The molecule has 7 heteroatoms. The normalized spacial score (nSPS) is 10.6. The summed E-state index contributed by atoms with van der Waals surface area (Å²) in [5.74, 6) is 1.15. The van der Waals surface area contributed by atoms with Gasteiger partial charge in [-0.1, -0.05) is 0 Å². The summed E-state index contributed by atoms with van der Waals surface area (Å²) >= 11 is 0. The van der Waals surface area contributed by atoms with Gasteiger partial charge in [0.25, 0.3) is 0 Å². The van der Waals surface area contributed by atoms with Gasteiger partial charge in [-0.15, -0.1) is 0 Å². The number of amides is 1. The molecule has 0 saturated carbocycles. The molecule has 2 N–H and O–H groups in total. The number of aromatic nitrogens is 3. The summed E-state index contributed by atoms with van der Waals surface area (Å²) in [6.45, 7) is 5.60. The van der Waals surface area contributed by atoms with Crippen LogP contribution < -0.4 is 10.6 Å². The van der Waals surface area contributed by atoms with Gasteiger partial charge in [-0.25, -0.2) is 15.0 Å². The van der Waals surface area contributed by atoms with Crippen LogP contribution in [-0.2, 0) is 4.79 Å². The standard InChI is InChI=1S/C14H20N6O/c1-4-20(5-2)12(21)8-19(3)14-10-6-7-11(15)18-13(10)16-9-17-14/h6-7,9H,4-5,8H2,1-3H3,(H2,15,16,17,18). The Morgan fingerprint density at radius 1 is 1.24 bits per heavy atom. The third kappa shape index (κ3) is 3.18. The van der Waals surface area contributed by atoms with Crippen LogP contribution in [0, 0.1) is 0 Å². The number of carbonyl (C=O) groups is 1. The molecule has 2 heterocycles. The van der Waals surface area contributed by atoms with Crippen molar-refractivity contribution in [3.8, 4) is 0 Å². The van der Waals surface area contributed by atoms with E-state index in [0.29, 0.717) is 30.4 Å². The fourth-order valence-corrected chi connectivity index (χ4v) is 2.20. The van der Waals surface area contributed by atoms with Gasteiger partial charge in [-0.05, 0) is 26.0 Å². The van der Waals surface area contributed by atoms with E-state index in [9.17, 15) is 4.79 Å². The van der Waals surface area contributed by atoms with Crippen LogP contribution in [-0.4, -0.2) is 52.4 Å². The zero-order valence-corrected chi connectivity index (χ0v) is 12.6. The molecule has 21 heavy (non-hydrogen) atoms. The van der Waals surface area contributed by atoms with E-state index in [4.69, 9.17) is 5.73 Å². The van der Waals surface area contributed by atoms with Crippen LogP contribution in [0.25, 0.3) is 11.0 Å². The molecule has 0 unspecified atom stereocenters. The Bertz CT molecular complexity index is 640. The first-order valence-corrected chi connectivity index (χ1v) is 6.93. The molecule has 7 nitrogen and oxygen atoms in total. The molecule has 0 saturated heterocycles. The van der Waals surface area contributed by atoms with Gasteiger partial charge >= 0.3 is 0 Å². The van der Waals surface area contributed by atoms with Crippen molar-refractivity contribution in [3.63, 3.8) is 0 Å². The Kier molecular flexibility index (Phi) is 4.52. The van der Waals surface area contributed by atoms with Crippen molar-refractivity contribution >= 4 is 28.6 Å². The van der Waals surface area contributed by atoms with E-state index in [1.807, 2.05) is 31.9 Å². The van der Waals surface area contributed by atoms with Crippen molar-refractivity contribution in [2.24, 2.45) is 0 Å². The first-order chi connectivity index (χ1) is 10.1. The molecule has 2 aromatic rings. The maximum atomic E-state index is 12.2. The van der Waals surface area contributed by atoms with Crippen LogP contribution in [0.5, 0.6) is 0 Å². The SMILES string of the molecule is CCN(CC)C(=O)CN(C)c1ncnc2nc(N)ccc12. The number of carbonyl (C=O) groups excluding carboxylic acids is 1. The minimum Gasteiger partial charge on any atom is -0.384 e. The molecule has 0 fully saturated rings. The summed E-state index contributed by atoms with van der Waals surface area (Å²) in [6.07, 6.45) is 1.43. The summed E-state index contributed by atoms with van der Waals surface area (Å²) < 4.78 is 0. The molecule has 2 rings (SSSR count). The summed E-state index contributed by atoms with van der Waals surface area (Å²) in [7, 11) is 1.83. The second-order valence-electron chi connectivity index (χ2n) is 4.73. The van der Waals surface area contributed by atoms with Crippen LogP contribution in [0.2, 0.25) is 0 Å². The Hall–Kier alpha value is -2.44. The Morgan fingerprint density at radius 3 is 2.62 bits per heavy atom. The van der Waals surface area contributed by atoms with Gasteiger partial charge in [0.05, 0.1) is 11.9 Å². The van der Waals surface area contributed by atoms with Gasteiger partial charge in [0, 0.05) is 20.1 Å². The van der Waals surface area contributed by atoms with Gasteiger partial charge in [-0.2, -0.15) is 0 Å². The molecule has 2 aromatic heterocycles. The van der Waals surface area contributed by atoms with Crippen LogP contribution in [0.1, 0.15) is 13.8 Å². The van der Waals surface area contributed by atoms with Crippen molar-refractivity contribution < 1.29 is 4.79 Å². The van der Waals surface area contributed by atoms with E-state index in [1.54, 1.807) is 11.0 Å². The molecule has 1 amide bonds. The molecular formula is C14H20N6O. The van der Waals surface area contributed by atoms with Crippen molar-refractivity contribution in [2.75, 3.05) is 37.3 Å². The maximum absolute atomic E-state index is 12.2. The predicted octanol–water partition coefficient (Wildman–Crippen LogP) is 0.912. The van der Waals surface area contributed by atoms with E-state index in [-0.39, 0.29) is 12.5 Å². The minimum atomic E-state index is 0.0673. The average molecular weight is 288 g/mol. The van der Waals surface area contributed by atoms with Crippen LogP contribution in [0.4, 0.5) is 11.6 Å². The van der Waals surface area contributed by atoms with E-state index in [0.717, 1.165) is 5.39 Å². The quantitative estimate of drug-likeness (QED) is 0.880. The second kappa shape index (κ2) is 6.34. The first-order valence-electron chi connectivity index (χ1n) is 6.93. The highest BCUT2D eigenvalue weighted by atomic mass is 16.2. The third-order valence-electron chi connectivity index (χ3n) is 3.35. The number of rotatable bonds is 5. The summed E-state index contributed by atoms with van der Waals surface area (Å²) in [6, 6.07) is 3.53. The lowest BCUT2D eigenvalue weighted by Crippen LogP contribution is -2.39. The lowest BCUT2D eigenvalue weighted by atomic mass is 10.3. The van der Waals surface area contributed by atoms with E-state index in [1.165, 1.54) is 6.33 Å². The van der Waals surface area contributed by atoms with Crippen LogP contribution in [0.15, 0.2) is 18.5 Å². The fourth-order valence-electron chi connectivity index (χ4n) is 2.20. The number of pyridine rings is 1. The molecule has 0 aliphatic carbocycles. The number of nitrogens with two attached hydrogens (primary N) is 1. The number of hydrogen-bond acceptors (Lipinski definition) is 6. The Morgan fingerprint density at radius 2 is 1.95 bits per heavy atom. The van der Waals surface area contributed by atoms with Crippen molar-refractivity contribution in [2.45, 2.75) is 13.8 Å². The van der Waals surface area contributed by atoms with E-state index < -0.39 is 0 Å². The van der Waals surface area contributed by atoms with Crippen LogP contribution >= 0.6 is 0 Å². The molecule has 112 valence electrons. The lowest BCUT2D eigenvalue weighted by Gasteiger charge is -2.24. The smallest absolute Gasteiger partial charge is 0.242 e. The molecule has 0 aliphatic heterocycles. The monoisotopic (exact) mass is 288 g/mol. The van der Waals surface area contributed by atoms with Gasteiger partial charge in [0.15, 0.2) is 5.65 Å². The highest BCUT2D eigenvalue weighted by Crippen LogP contribution is 2.21. The molecule has 0 atom stereocenters. The molecular weight excluding hydrogens is 268 g/mol. The average Bonchev–Trinajstić information content (AvgIpc) is 2.47. The zero-order valence-electron chi connectivity index (χ0n) is 12.6. The zero-order chi connectivity index (χ0) is 15.4. The first kappa shape index (κ1) is 15.0. The van der Waals surface area contributed by atoms with Crippen molar-refractivity contribution in [1.29, 1.82) is 0 Å². The molecule has 0 aromatic carbocycles. The fraction of sp³-hybridized carbons (Fsp3) is 0.429. The summed E-state index contributed by atoms with van der Waals surface area (Å²) in [5, 5.41) is 0.779. The van der Waals surface area contributed by atoms with Crippen molar-refractivity contribution in [1.82, 2.24) is 19.9 Å². The van der Waals surface area contributed by atoms with Crippen molar-refractivity contribution in [3.05, 3.63) is 18.5 Å². The highest BCUT2D eigenvalue weighted by molar-refractivity contribution is 5.90. The third-order valence-corrected chi connectivity index (χ3v) is 3.35. The summed E-state index contributed by atoms with van der Waals surface area (Å²) in [4.78, 5) is 28.3. The van der Waals surface area contributed by atoms with E-state index >= 15 is 0 Å². The number of nitrogens with zero attached hydrogens (tertiary/aromatic N) is 5. The molecule has 0 radical (unpaired) electrons. The highest BCUT2D eigenvalue weighted by Gasteiger charge is 2.16. The molecule has 0 bridgehead atoms. The van der Waals surface area contributed by atoms with E-state index in [2.05, 4.69) is 15.0 Å².